The lowest BCUT2D eigenvalue weighted by atomic mass is 10.1. The number of nitriles is 1. The third-order valence-corrected chi connectivity index (χ3v) is 5.66. The molecule has 0 spiro atoms. The number of hydrogen-bond donors (Lipinski definition) is 1. The lowest BCUT2D eigenvalue weighted by Crippen LogP contribution is -2.17. The Balaban J connectivity index is 1.72. The van der Waals surface area contributed by atoms with Gasteiger partial charge < -0.3 is 4.74 Å². The number of carbonyl (C=O) groups excluding carboxylic acids is 1. The summed E-state index contributed by atoms with van der Waals surface area (Å²) in [6.07, 6.45) is 2.00. The molecule has 0 bridgehead atoms. The van der Waals surface area contributed by atoms with Crippen LogP contribution < -0.4 is 9.88 Å². The number of nitrogens with two attached hydrogens (primary N) is 1. The maximum atomic E-state index is 12.5. The second-order valence-corrected chi connectivity index (χ2v) is 7.90. The van der Waals surface area contributed by atoms with E-state index in [0.29, 0.717) is 17.1 Å². The molecule has 0 aliphatic carbocycles. The van der Waals surface area contributed by atoms with E-state index in [1.54, 1.807) is 35.7 Å². The van der Waals surface area contributed by atoms with Gasteiger partial charge in [-0.1, -0.05) is 12.1 Å². The van der Waals surface area contributed by atoms with E-state index in [1.807, 2.05) is 31.2 Å². The van der Waals surface area contributed by atoms with E-state index in [-0.39, 0.29) is 11.5 Å². The van der Waals surface area contributed by atoms with Gasteiger partial charge in [0.25, 0.3) is 0 Å². The summed E-state index contributed by atoms with van der Waals surface area (Å²) in [5.74, 6) is 1.25. The lowest BCUT2D eigenvalue weighted by Gasteiger charge is -2.22. The maximum absolute atomic E-state index is 12.5. The average molecular weight is 351 g/mol. The molecule has 0 aromatic heterocycles. The number of allylic oxidation sites excluding steroid dienone is 1. The SMILES string of the molecule is CC1=NS(N)(C(=O)Cc2cccc(Oc3ccc(C#N)cc3)c2)C=C1. The Kier molecular flexibility index (Phi) is 4.70. The number of rotatable bonds is 4. The van der Waals surface area contributed by atoms with Gasteiger partial charge in [0, 0.05) is 12.1 Å². The third kappa shape index (κ3) is 3.97. The van der Waals surface area contributed by atoms with Crippen LogP contribution in [0.3, 0.4) is 0 Å². The van der Waals surface area contributed by atoms with Crippen molar-refractivity contribution in [2.75, 3.05) is 0 Å². The molecule has 1 atom stereocenters. The molecule has 1 aliphatic rings. The zero-order valence-electron chi connectivity index (χ0n) is 13.7. The Hall–Kier alpha value is -2.88. The molecule has 1 heterocycles. The fourth-order valence-electron chi connectivity index (χ4n) is 2.36. The molecule has 2 aromatic rings. The third-order valence-electron chi connectivity index (χ3n) is 3.64. The minimum Gasteiger partial charge on any atom is -0.457 e. The predicted molar refractivity (Wildman–Crippen MR) is 100 cm³/mol. The van der Waals surface area contributed by atoms with Gasteiger partial charge in [-0.25, -0.2) is 4.40 Å². The fourth-order valence-corrected chi connectivity index (χ4v) is 4.02. The van der Waals surface area contributed by atoms with Crippen LogP contribution in [-0.4, -0.2) is 10.8 Å². The molecule has 0 radical (unpaired) electrons. The van der Waals surface area contributed by atoms with Crippen molar-refractivity contribution in [1.29, 1.82) is 5.26 Å². The van der Waals surface area contributed by atoms with E-state index in [9.17, 15) is 4.79 Å². The van der Waals surface area contributed by atoms with Gasteiger partial charge >= 0.3 is 0 Å². The normalized spacial score (nSPS) is 21.1. The van der Waals surface area contributed by atoms with Crippen LogP contribution in [-0.2, 0) is 11.2 Å². The monoisotopic (exact) mass is 351 g/mol. The summed E-state index contributed by atoms with van der Waals surface area (Å²) in [4.78, 5) is 12.5. The van der Waals surface area contributed by atoms with Gasteiger partial charge in [0.05, 0.1) is 11.6 Å². The quantitative estimate of drug-likeness (QED) is 0.901. The summed E-state index contributed by atoms with van der Waals surface area (Å²) in [5, 5.41) is 16.6. The number of carbonyl (C=O) groups is 1. The number of ether oxygens (including phenoxy) is 1. The summed E-state index contributed by atoms with van der Waals surface area (Å²) in [6.45, 7) is 1.83. The zero-order valence-corrected chi connectivity index (χ0v) is 14.5. The molecule has 0 saturated heterocycles. The largest absolute Gasteiger partial charge is 0.457 e. The minimum atomic E-state index is -2.21. The zero-order chi connectivity index (χ0) is 17.9. The van der Waals surface area contributed by atoms with Crippen LogP contribution in [0.5, 0.6) is 11.5 Å². The summed E-state index contributed by atoms with van der Waals surface area (Å²) in [7, 11) is -2.21. The first-order valence-corrected chi connectivity index (χ1v) is 9.36. The summed E-state index contributed by atoms with van der Waals surface area (Å²) in [5.41, 5.74) is 2.17. The Morgan fingerprint density at radius 3 is 2.64 bits per heavy atom. The standard InChI is InChI=1S/C19H17N3O2S/c1-14-9-10-25(21,22-14)19(23)12-16-3-2-4-18(11-16)24-17-7-5-15(13-20)6-8-17/h2-11H,12,21H2,1H3. The molecule has 25 heavy (non-hydrogen) atoms. The van der Waals surface area contributed by atoms with Crippen molar-refractivity contribution >= 4 is 21.2 Å². The van der Waals surface area contributed by atoms with Crippen LogP contribution in [0.15, 0.2) is 64.4 Å². The molecule has 1 unspecified atom stereocenters. The average Bonchev–Trinajstić information content (AvgIpc) is 2.96. The predicted octanol–water partition coefficient (Wildman–Crippen LogP) is 4.00. The van der Waals surface area contributed by atoms with E-state index >= 15 is 0 Å². The van der Waals surface area contributed by atoms with Crippen molar-refractivity contribution < 1.29 is 9.53 Å². The molecule has 6 heteroatoms. The maximum Gasteiger partial charge on any atom is 0.210 e. The summed E-state index contributed by atoms with van der Waals surface area (Å²) in [6, 6.07) is 16.2. The molecule has 126 valence electrons. The van der Waals surface area contributed by atoms with Crippen molar-refractivity contribution in [3.05, 3.63) is 71.1 Å². The molecule has 2 N–H and O–H groups in total. The fraction of sp³-hybridized carbons (Fsp3) is 0.105. The van der Waals surface area contributed by atoms with E-state index in [2.05, 4.69) is 10.5 Å². The molecule has 0 fully saturated rings. The first-order valence-electron chi connectivity index (χ1n) is 7.64. The van der Waals surface area contributed by atoms with Crippen molar-refractivity contribution in [3.8, 4) is 17.6 Å². The van der Waals surface area contributed by atoms with Gasteiger partial charge in [-0.3, -0.25) is 9.93 Å². The Morgan fingerprint density at radius 2 is 2.00 bits per heavy atom. The van der Waals surface area contributed by atoms with Crippen LogP contribution in [0.2, 0.25) is 0 Å². The molecule has 0 saturated carbocycles. The highest BCUT2D eigenvalue weighted by Crippen LogP contribution is 2.48. The summed E-state index contributed by atoms with van der Waals surface area (Å²) >= 11 is 0. The number of nitrogens with zero attached hydrogens (tertiary/aromatic N) is 2. The second-order valence-electron chi connectivity index (χ2n) is 5.64. The number of benzene rings is 2. The topological polar surface area (TPSA) is 88.5 Å². The van der Waals surface area contributed by atoms with E-state index in [4.69, 9.17) is 15.1 Å². The smallest absolute Gasteiger partial charge is 0.210 e. The first kappa shape index (κ1) is 17.0. The van der Waals surface area contributed by atoms with Gasteiger partial charge in [0.2, 0.25) is 5.12 Å². The van der Waals surface area contributed by atoms with E-state index in [1.165, 1.54) is 0 Å². The highest BCUT2D eigenvalue weighted by atomic mass is 32.3. The summed E-state index contributed by atoms with van der Waals surface area (Å²) < 4.78 is 10.1. The molecule has 5 nitrogen and oxygen atoms in total. The van der Waals surface area contributed by atoms with Gasteiger partial charge in [0.15, 0.2) is 0 Å². The minimum absolute atomic E-state index is 0.0869. The number of hydrogen-bond acceptors (Lipinski definition) is 5. The first-order chi connectivity index (χ1) is 12.0. The van der Waals surface area contributed by atoms with Crippen LogP contribution in [0.4, 0.5) is 0 Å². The van der Waals surface area contributed by atoms with Crippen molar-refractivity contribution in [2.24, 2.45) is 9.54 Å². The Morgan fingerprint density at radius 1 is 1.24 bits per heavy atom. The molecule has 0 amide bonds. The van der Waals surface area contributed by atoms with Crippen molar-refractivity contribution in [1.82, 2.24) is 0 Å². The van der Waals surface area contributed by atoms with Crippen LogP contribution in [0.1, 0.15) is 18.1 Å². The molecular weight excluding hydrogens is 334 g/mol. The Labute approximate surface area is 148 Å². The van der Waals surface area contributed by atoms with Crippen molar-refractivity contribution in [2.45, 2.75) is 13.3 Å². The van der Waals surface area contributed by atoms with Gasteiger partial charge in [-0.05, 0) is 70.8 Å². The highest BCUT2D eigenvalue weighted by molar-refractivity contribution is 8.45. The van der Waals surface area contributed by atoms with Gasteiger partial charge in [-0.15, -0.1) is 0 Å². The molecule has 2 aromatic carbocycles. The molecule has 3 rings (SSSR count). The van der Waals surface area contributed by atoms with Crippen LogP contribution in [0.25, 0.3) is 0 Å². The van der Waals surface area contributed by atoms with E-state index in [0.717, 1.165) is 11.3 Å². The van der Waals surface area contributed by atoms with Gasteiger partial charge in [0.1, 0.15) is 11.5 Å². The highest BCUT2D eigenvalue weighted by Gasteiger charge is 2.27. The second kappa shape index (κ2) is 6.93. The van der Waals surface area contributed by atoms with Crippen LogP contribution in [0, 0.1) is 11.3 Å². The van der Waals surface area contributed by atoms with Crippen LogP contribution >= 0.6 is 10.4 Å². The lowest BCUT2D eigenvalue weighted by molar-refractivity contribution is -0.110. The van der Waals surface area contributed by atoms with Gasteiger partial charge in [-0.2, -0.15) is 5.26 Å². The van der Waals surface area contributed by atoms with E-state index < -0.39 is 10.4 Å². The molecular formula is C19H17N3O2S. The van der Waals surface area contributed by atoms with Crippen molar-refractivity contribution in [3.63, 3.8) is 0 Å². The Bertz CT molecular complexity index is 913. The molecule has 1 aliphatic heterocycles.